The Bertz CT molecular complexity index is 690. The minimum Gasteiger partial charge on any atom is -0.505 e. The molecule has 2 aromatic carbocycles. The fraction of sp³-hybridized carbons (Fsp3) is 0.278. The number of phenols is 1. The predicted molar refractivity (Wildman–Crippen MR) is 83.5 cm³/mol. The summed E-state index contributed by atoms with van der Waals surface area (Å²) in [5, 5.41) is 9.39. The van der Waals surface area contributed by atoms with Crippen molar-refractivity contribution in [1.29, 1.82) is 0 Å². The fourth-order valence-electron chi connectivity index (χ4n) is 2.72. The molecule has 5 heteroatoms. The second kappa shape index (κ2) is 6.79. The van der Waals surface area contributed by atoms with E-state index in [0.29, 0.717) is 19.7 Å². The van der Waals surface area contributed by atoms with Gasteiger partial charge in [-0.1, -0.05) is 42.5 Å². The lowest BCUT2D eigenvalue weighted by molar-refractivity contribution is -0.138. The number of phenolic OH excluding ortho intramolecular Hbond substituents is 1. The van der Waals surface area contributed by atoms with Crippen LogP contribution in [0.2, 0.25) is 0 Å². The monoisotopic (exact) mass is 315 g/mol. The lowest BCUT2D eigenvalue weighted by Crippen LogP contribution is -2.43. The van der Waals surface area contributed by atoms with Gasteiger partial charge in [-0.15, -0.1) is 0 Å². The predicted octanol–water partition coefficient (Wildman–Crippen LogP) is 2.67. The molecule has 0 radical (unpaired) electrons. The molecule has 1 saturated heterocycles. The van der Waals surface area contributed by atoms with Crippen molar-refractivity contribution in [1.82, 2.24) is 4.90 Å². The zero-order valence-electron chi connectivity index (χ0n) is 12.6. The summed E-state index contributed by atoms with van der Waals surface area (Å²) in [6.45, 7) is 1.39. The molecule has 120 valence electrons. The van der Waals surface area contributed by atoms with E-state index in [4.69, 9.17) is 4.74 Å². The number of ether oxygens (including phenoxy) is 1. The number of aromatic hydroxyl groups is 1. The maximum absolute atomic E-state index is 13.8. The molecule has 1 N–H and O–H groups in total. The highest BCUT2D eigenvalue weighted by atomic mass is 19.1. The molecule has 1 aliphatic heterocycles. The molecule has 1 aliphatic rings. The molecule has 0 unspecified atom stereocenters. The third-order valence-electron chi connectivity index (χ3n) is 3.99. The second-order valence-electron chi connectivity index (χ2n) is 5.54. The van der Waals surface area contributed by atoms with E-state index in [1.807, 2.05) is 30.3 Å². The number of amides is 1. The van der Waals surface area contributed by atoms with Gasteiger partial charge in [-0.25, -0.2) is 4.39 Å². The molecule has 1 atom stereocenters. The van der Waals surface area contributed by atoms with E-state index in [1.54, 1.807) is 4.90 Å². The molecule has 23 heavy (non-hydrogen) atoms. The van der Waals surface area contributed by atoms with Crippen LogP contribution in [-0.2, 0) is 16.0 Å². The summed E-state index contributed by atoms with van der Waals surface area (Å²) in [5.74, 6) is -1.33. The number of benzene rings is 2. The number of halogens is 1. The highest BCUT2D eigenvalue weighted by Gasteiger charge is 2.26. The van der Waals surface area contributed by atoms with Crippen molar-refractivity contribution < 1.29 is 19.0 Å². The average Bonchev–Trinajstić information content (AvgIpc) is 2.60. The molecule has 0 aliphatic carbocycles. The molecule has 2 aromatic rings. The summed E-state index contributed by atoms with van der Waals surface area (Å²) in [5.41, 5.74) is 1.23. The van der Waals surface area contributed by atoms with Gasteiger partial charge < -0.3 is 14.7 Å². The quantitative estimate of drug-likeness (QED) is 0.947. The first kappa shape index (κ1) is 15.5. The molecule has 1 heterocycles. The molecule has 3 rings (SSSR count). The van der Waals surface area contributed by atoms with Gasteiger partial charge in [0, 0.05) is 12.1 Å². The Balaban J connectivity index is 1.69. The highest BCUT2D eigenvalue weighted by molar-refractivity contribution is 5.79. The number of carbonyl (C=O) groups is 1. The summed E-state index contributed by atoms with van der Waals surface area (Å²) in [6.07, 6.45) is -0.232. The van der Waals surface area contributed by atoms with Gasteiger partial charge in [-0.2, -0.15) is 0 Å². The molecule has 0 spiro atoms. The molecule has 0 bridgehead atoms. The first-order valence-corrected chi connectivity index (χ1v) is 7.56. The number of hydrogen-bond donors (Lipinski definition) is 1. The summed E-state index contributed by atoms with van der Waals surface area (Å²) in [7, 11) is 0. The van der Waals surface area contributed by atoms with E-state index in [9.17, 15) is 14.3 Å². The van der Waals surface area contributed by atoms with Crippen molar-refractivity contribution in [2.45, 2.75) is 12.5 Å². The Morgan fingerprint density at radius 2 is 2.00 bits per heavy atom. The molecule has 4 nitrogen and oxygen atoms in total. The summed E-state index contributed by atoms with van der Waals surface area (Å²) in [6, 6.07) is 14.0. The largest absolute Gasteiger partial charge is 0.505 e. The van der Waals surface area contributed by atoms with Crippen LogP contribution in [0.3, 0.4) is 0 Å². The van der Waals surface area contributed by atoms with E-state index in [-0.39, 0.29) is 24.0 Å². The minimum atomic E-state index is -0.728. The van der Waals surface area contributed by atoms with Crippen molar-refractivity contribution in [2.75, 3.05) is 19.7 Å². The Hall–Kier alpha value is -2.40. The van der Waals surface area contributed by atoms with Crippen LogP contribution in [0.1, 0.15) is 17.2 Å². The minimum absolute atomic E-state index is 0.0677. The van der Waals surface area contributed by atoms with Crippen molar-refractivity contribution in [3.05, 3.63) is 65.5 Å². The van der Waals surface area contributed by atoms with E-state index in [2.05, 4.69) is 0 Å². The lowest BCUT2D eigenvalue weighted by atomic mass is 10.1. The Kier molecular flexibility index (Phi) is 4.57. The normalized spacial score (nSPS) is 18.0. The van der Waals surface area contributed by atoms with Crippen LogP contribution in [0, 0.1) is 5.82 Å². The van der Waals surface area contributed by atoms with Gasteiger partial charge in [0.25, 0.3) is 0 Å². The third kappa shape index (κ3) is 3.51. The fourth-order valence-corrected chi connectivity index (χ4v) is 2.72. The van der Waals surface area contributed by atoms with Crippen LogP contribution >= 0.6 is 0 Å². The Morgan fingerprint density at radius 3 is 2.78 bits per heavy atom. The maximum Gasteiger partial charge on any atom is 0.227 e. The number of rotatable bonds is 3. The standard InChI is InChI=1S/C18H18FNO3/c19-18-14(7-4-8-15(18)21)11-17(22)20-9-10-23-16(12-20)13-5-2-1-3-6-13/h1-8,16,21H,9-12H2/t16-/m1/s1. The summed E-state index contributed by atoms with van der Waals surface area (Å²) in [4.78, 5) is 14.1. The van der Waals surface area contributed by atoms with Gasteiger partial charge in [-0.3, -0.25) is 4.79 Å². The van der Waals surface area contributed by atoms with Crippen molar-refractivity contribution in [3.8, 4) is 5.75 Å². The maximum atomic E-state index is 13.8. The van der Waals surface area contributed by atoms with Crippen molar-refractivity contribution in [3.63, 3.8) is 0 Å². The summed E-state index contributed by atoms with van der Waals surface area (Å²) >= 11 is 0. The zero-order valence-corrected chi connectivity index (χ0v) is 12.6. The van der Waals surface area contributed by atoms with Gasteiger partial charge >= 0.3 is 0 Å². The van der Waals surface area contributed by atoms with Crippen LogP contribution in [-0.4, -0.2) is 35.6 Å². The van der Waals surface area contributed by atoms with Gasteiger partial charge in [0.05, 0.1) is 19.6 Å². The van der Waals surface area contributed by atoms with Gasteiger partial charge in [0.15, 0.2) is 11.6 Å². The lowest BCUT2D eigenvalue weighted by Gasteiger charge is -2.33. The van der Waals surface area contributed by atoms with E-state index in [0.717, 1.165) is 5.56 Å². The van der Waals surface area contributed by atoms with E-state index < -0.39 is 11.6 Å². The van der Waals surface area contributed by atoms with Crippen LogP contribution < -0.4 is 0 Å². The van der Waals surface area contributed by atoms with Crippen molar-refractivity contribution >= 4 is 5.91 Å². The second-order valence-corrected chi connectivity index (χ2v) is 5.54. The van der Waals surface area contributed by atoms with Gasteiger partial charge in [-0.05, 0) is 11.6 Å². The van der Waals surface area contributed by atoms with Gasteiger partial charge in [0.2, 0.25) is 5.91 Å². The Morgan fingerprint density at radius 1 is 1.22 bits per heavy atom. The molecular formula is C18H18FNO3. The Labute approximate surface area is 134 Å². The SMILES string of the molecule is O=C(Cc1cccc(O)c1F)N1CCO[C@@H](c2ccccc2)C1. The van der Waals surface area contributed by atoms with E-state index >= 15 is 0 Å². The number of carbonyl (C=O) groups excluding carboxylic acids is 1. The molecule has 1 amide bonds. The number of morpholine rings is 1. The summed E-state index contributed by atoms with van der Waals surface area (Å²) < 4.78 is 19.6. The number of hydrogen-bond acceptors (Lipinski definition) is 3. The molecule has 0 aromatic heterocycles. The first-order valence-electron chi connectivity index (χ1n) is 7.56. The molecule has 1 fully saturated rings. The third-order valence-corrected chi connectivity index (χ3v) is 3.99. The highest BCUT2D eigenvalue weighted by Crippen LogP contribution is 2.24. The average molecular weight is 315 g/mol. The van der Waals surface area contributed by atoms with Crippen LogP contribution in [0.5, 0.6) is 5.75 Å². The van der Waals surface area contributed by atoms with Crippen LogP contribution in [0.25, 0.3) is 0 Å². The van der Waals surface area contributed by atoms with Crippen LogP contribution in [0.4, 0.5) is 4.39 Å². The number of nitrogens with zero attached hydrogens (tertiary/aromatic N) is 1. The van der Waals surface area contributed by atoms with E-state index in [1.165, 1.54) is 18.2 Å². The van der Waals surface area contributed by atoms with Gasteiger partial charge in [0.1, 0.15) is 6.10 Å². The molecular weight excluding hydrogens is 297 g/mol. The van der Waals surface area contributed by atoms with Crippen LogP contribution in [0.15, 0.2) is 48.5 Å². The zero-order chi connectivity index (χ0) is 16.2. The smallest absolute Gasteiger partial charge is 0.227 e. The first-order chi connectivity index (χ1) is 11.1. The van der Waals surface area contributed by atoms with Crippen molar-refractivity contribution in [2.24, 2.45) is 0 Å². The molecule has 0 saturated carbocycles. The topological polar surface area (TPSA) is 49.8 Å².